The molecule has 1 heteroatoms. The van der Waals surface area contributed by atoms with Gasteiger partial charge in [0, 0.05) is 27.8 Å². The van der Waals surface area contributed by atoms with Crippen molar-refractivity contribution >= 4 is 17.1 Å². The standard InChI is InChI=1S/C62H47N/c1-38-34-39(42-23-16-30-55-58(42)48-22-10-15-28-53(48)62(55)51-26-13-7-19-44(51)45-20-8-14-27-52(45)62)36-41(35-38)63(40-32-33-46-43-18-6-11-24-49(43)61(4,5)56(46)37-40)57-31-17-29-54-59(57)47-21-9-12-25-50(47)60(54,2)3/h6-37H,1-5H3. The summed E-state index contributed by atoms with van der Waals surface area (Å²) in [4.78, 5) is 2.56. The van der Waals surface area contributed by atoms with Crippen LogP contribution in [0.1, 0.15) is 77.8 Å². The highest BCUT2D eigenvalue weighted by molar-refractivity contribution is 6.01. The molecule has 0 N–H and O–H groups in total. The minimum absolute atomic E-state index is 0.127. The lowest BCUT2D eigenvalue weighted by Crippen LogP contribution is -2.25. The van der Waals surface area contributed by atoms with E-state index < -0.39 is 5.41 Å². The maximum absolute atomic E-state index is 2.56. The van der Waals surface area contributed by atoms with Gasteiger partial charge in [0.2, 0.25) is 0 Å². The van der Waals surface area contributed by atoms with Crippen molar-refractivity contribution in [1.29, 1.82) is 0 Å². The number of nitrogens with zero attached hydrogens (tertiary/aromatic N) is 1. The van der Waals surface area contributed by atoms with Gasteiger partial charge in [-0.2, -0.15) is 0 Å². The molecular weight excluding hydrogens is 759 g/mol. The van der Waals surface area contributed by atoms with Crippen LogP contribution >= 0.6 is 0 Å². The Hall–Kier alpha value is -7.22. The zero-order valence-corrected chi connectivity index (χ0v) is 36.4. The van der Waals surface area contributed by atoms with E-state index in [1.807, 2.05) is 0 Å². The van der Waals surface area contributed by atoms with Crippen LogP contribution in [0.4, 0.5) is 17.1 Å². The molecule has 63 heavy (non-hydrogen) atoms. The van der Waals surface area contributed by atoms with Crippen LogP contribution in [-0.2, 0) is 16.2 Å². The Kier molecular flexibility index (Phi) is 7.33. The molecule has 0 atom stereocenters. The van der Waals surface area contributed by atoms with Gasteiger partial charge in [0.25, 0.3) is 0 Å². The van der Waals surface area contributed by atoms with Crippen molar-refractivity contribution in [3.8, 4) is 55.6 Å². The molecule has 4 aliphatic carbocycles. The average molecular weight is 806 g/mol. The Balaban J connectivity index is 1.06. The second kappa shape index (κ2) is 12.7. The van der Waals surface area contributed by atoms with Gasteiger partial charge in [0.1, 0.15) is 0 Å². The molecule has 13 rings (SSSR count). The Labute approximate surface area is 371 Å². The van der Waals surface area contributed by atoms with Gasteiger partial charge < -0.3 is 4.90 Å². The largest absolute Gasteiger partial charge is 0.310 e. The summed E-state index contributed by atoms with van der Waals surface area (Å²) < 4.78 is 0. The second-order valence-electron chi connectivity index (χ2n) is 19.3. The first kappa shape index (κ1) is 36.4. The normalized spacial score (nSPS) is 15.4. The number of hydrogen-bond donors (Lipinski definition) is 0. The van der Waals surface area contributed by atoms with Crippen LogP contribution in [0.15, 0.2) is 194 Å². The third-order valence-corrected chi connectivity index (χ3v) is 15.3. The van der Waals surface area contributed by atoms with E-state index in [0.717, 1.165) is 5.69 Å². The number of rotatable bonds is 4. The fraction of sp³-hybridized carbons (Fsp3) is 0.129. The van der Waals surface area contributed by atoms with E-state index >= 15 is 0 Å². The molecule has 0 bridgehead atoms. The van der Waals surface area contributed by atoms with Crippen LogP contribution in [0.5, 0.6) is 0 Å². The van der Waals surface area contributed by atoms with Gasteiger partial charge in [-0.15, -0.1) is 0 Å². The molecule has 0 fully saturated rings. The number of anilines is 3. The highest BCUT2D eigenvalue weighted by atomic mass is 15.1. The molecule has 0 saturated carbocycles. The van der Waals surface area contributed by atoms with Crippen LogP contribution < -0.4 is 4.90 Å². The molecule has 0 heterocycles. The molecule has 4 aliphatic rings. The summed E-state index contributed by atoms with van der Waals surface area (Å²) in [5.41, 5.74) is 28.2. The van der Waals surface area contributed by atoms with Crippen LogP contribution in [0, 0.1) is 6.92 Å². The predicted octanol–water partition coefficient (Wildman–Crippen LogP) is 16.1. The van der Waals surface area contributed by atoms with Crippen LogP contribution in [0.2, 0.25) is 0 Å². The van der Waals surface area contributed by atoms with Crippen molar-refractivity contribution in [2.75, 3.05) is 4.90 Å². The molecule has 1 spiro atoms. The van der Waals surface area contributed by atoms with Crippen molar-refractivity contribution in [3.63, 3.8) is 0 Å². The summed E-state index contributed by atoms with van der Waals surface area (Å²) >= 11 is 0. The summed E-state index contributed by atoms with van der Waals surface area (Å²) in [5.74, 6) is 0. The molecule has 9 aromatic carbocycles. The molecule has 0 saturated heterocycles. The van der Waals surface area contributed by atoms with E-state index in [1.54, 1.807) is 0 Å². The molecular formula is C62H47N. The van der Waals surface area contributed by atoms with Gasteiger partial charge in [0.05, 0.1) is 11.1 Å². The number of benzene rings is 9. The maximum Gasteiger partial charge on any atom is 0.0725 e. The third-order valence-electron chi connectivity index (χ3n) is 15.3. The quantitative estimate of drug-likeness (QED) is 0.171. The number of hydrogen-bond acceptors (Lipinski definition) is 1. The molecule has 9 aromatic rings. The van der Waals surface area contributed by atoms with E-state index in [9.17, 15) is 0 Å². The van der Waals surface area contributed by atoms with E-state index in [1.165, 1.54) is 117 Å². The number of aryl methyl sites for hydroxylation is 1. The van der Waals surface area contributed by atoms with E-state index in [-0.39, 0.29) is 10.8 Å². The summed E-state index contributed by atoms with van der Waals surface area (Å²) in [7, 11) is 0. The molecule has 0 radical (unpaired) electrons. The van der Waals surface area contributed by atoms with E-state index in [0.29, 0.717) is 0 Å². The Morgan fingerprint density at radius 3 is 1.44 bits per heavy atom. The fourth-order valence-electron chi connectivity index (χ4n) is 12.6. The van der Waals surface area contributed by atoms with Gasteiger partial charge in [-0.3, -0.25) is 0 Å². The van der Waals surface area contributed by atoms with Crippen molar-refractivity contribution < 1.29 is 0 Å². The summed E-state index contributed by atoms with van der Waals surface area (Å²) in [6, 6.07) is 73.9. The van der Waals surface area contributed by atoms with Gasteiger partial charge in [-0.05, 0) is 137 Å². The first-order valence-corrected chi connectivity index (χ1v) is 22.5. The zero-order valence-electron chi connectivity index (χ0n) is 36.4. The lowest BCUT2D eigenvalue weighted by atomic mass is 9.70. The lowest BCUT2D eigenvalue weighted by molar-refractivity contribution is 0.660. The smallest absolute Gasteiger partial charge is 0.0725 e. The van der Waals surface area contributed by atoms with Crippen LogP contribution in [0.25, 0.3) is 55.6 Å². The molecule has 0 unspecified atom stereocenters. The van der Waals surface area contributed by atoms with Crippen molar-refractivity contribution in [3.05, 3.63) is 244 Å². The van der Waals surface area contributed by atoms with Crippen molar-refractivity contribution in [2.45, 2.75) is 50.9 Å². The first-order valence-electron chi connectivity index (χ1n) is 22.5. The van der Waals surface area contributed by atoms with Gasteiger partial charge in [-0.25, -0.2) is 0 Å². The van der Waals surface area contributed by atoms with Gasteiger partial charge >= 0.3 is 0 Å². The summed E-state index contributed by atoms with van der Waals surface area (Å²) in [6.45, 7) is 11.8. The van der Waals surface area contributed by atoms with Gasteiger partial charge in [0.15, 0.2) is 0 Å². The molecule has 0 aliphatic heterocycles. The second-order valence-corrected chi connectivity index (χ2v) is 19.3. The lowest BCUT2D eigenvalue weighted by Gasteiger charge is -2.31. The molecule has 0 amide bonds. The average Bonchev–Trinajstić information content (AvgIpc) is 3.95. The van der Waals surface area contributed by atoms with Crippen LogP contribution in [0.3, 0.4) is 0 Å². The topological polar surface area (TPSA) is 3.24 Å². The zero-order chi connectivity index (χ0) is 42.4. The van der Waals surface area contributed by atoms with E-state index in [4.69, 9.17) is 0 Å². The molecule has 300 valence electrons. The Morgan fingerprint density at radius 1 is 0.317 bits per heavy atom. The maximum atomic E-state index is 2.56. The van der Waals surface area contributed by atoms with Gasteiger partial charge in [-0.1, -0.05) is 191 Å². The Bertz CT molecular complexity index is 3390. The fourth-order valence-corrected chi connectivity index (χ4v) is 12.6. The Morgan fingerprint density at radius 2 is 0.778 bits per heavy atom. The van der Waals surface area contributed by atoms with Crippen LogP contribution in [-0.4, -0.2) is 0 Å². The SMILES string of the molecule is Cc1cc(-c2cccc3c2-c2ccccc2C32c3ccccc3-c3ccccc32)cc(N(c2ccc3c(c2)C(C)(C)c2ccccc2-3)c2cccc3c2-c2ccccc2C3(C)C)c1. The monoisotopic (exact) mass is 805 g/mol. The molecule has 0 aromatic heterocycles. The first-order chi connectivity index (χ1) is 30.7. The van der Waals surface area contributed by atoms with Crippen molar-refractivity contribution in [2.24, 2.45) is 0 Å². The van der Waals surface area contributed by atoms with Crippen molar-refractivity contribution in [1.82, 2.24) is 0 Å². The highest BCUT2D eigenvalue weighted by Crippen LogP contribution is 2.64. The predicted molar refractivity (Wildman–Crippen MR) is 263 cm³/mol. The number of fused-ring (bicyclic) bond motifs is 16. The molecule has 1 nitrogen and oxygen atoms in total. The summed E-state index contributed by atoms with van der Waals surface area (Å²) in [6.07, 6.45) is 0. The highest BCUT2D eigenvalue weighted by Gasteiger charge is 2.52. The third kappa shape index (κ3) is 4.67. The minimum atomic E-state index is -0.395. The summed E-state index contributed by atoms with van der Waals surface area (Å²) in [5, 5.41) is 0. The minimum Gasteiger partial charge on any atom is -0.310 e. The van der Waals surface area contributed by atoms with E-state index in [2.05, 4.69) is 234 Å².